The number of aryl methyl sites for hydroxylation is 2. The largest absolute Gasteiger partial charge is 0.464 e. The third-order valence-corrected chi connectivity index (χ3v) is 6.19. The Kier molecular flexibility index (Phi) is 5.99. The minimum atomic E-state index is -4.82. The summed E-state index contributed by atoms with van der Waals surface area (Å²) in [7, 11) is 0. The van der Waals surface area contributed by atoms with Crippen molar-refractivity contribution in [2.24, 2.45) is 0 Å². The molecule has 0 saturated heterocycles. The Morgan fingerprint density at radius 3 is 2.44 bits per heavy atom. The molecule has 2 amide bonds. The Bertz CT molecular complexity index is 1490. The average molecular weight is 496 g/mol. The number of hydrogen-bond donors (Lipinski definition) is 2. The number of fused-ring (bicyclic) bond motifs is 2. The first kappa shape index (κ1) is 23.6. The Labute approximate surface area is 203 Å². The highest BCUT2D eigenvalue weighted by atomic mass is 19.4. The van der Waals surface area contributed by atoms with Gasteiger partial charge in [0, 0.05) is 16.6 Å². The van der Waals surface area contributed by atoms with Gasteiger partial charge in [-0.15, -0.1) is 0 Å². The second-order valence-electron chi connectivity index (χ2n) is 8.65. The van der Waals surface area contributed by atoms with Gasteiger partial charge in [-0.05, 0) is 72.9 Å². The van der Waals surface area contributed by atoms with Crippen molar-refractivity contribution in [1.29, 1.82) is 0 Å². The Balaban J connectivity index is 1.35. The maximum Gasteiger partial charge on any atom is 0.418 e. The van der Waals surface area contributed by atoms with Crippen LogP contribution < -0.4 is 10.6 Å². The zero-order valence-corrected chi connectivity index (χ0v) is 18.8. The highest BCUT2D eigenvalue weighted by Gasteiger charge is 2.34. The summed E-state index contributed by atoms with van der Waals surface area (Å²) in [5.74, 6) is -2.34. The molecule has 0 saturated carbocycles. The van der Waals surface area contributed by atoms with Gasteiger partial charge < -0.3 is 15.1 Å². The normalized spacial score (nSPS) is 13.0. The Morgan fingerprint density at radius 1 is 0.944 bits per heavy atom. The van der Waals surface area contributed by atoms with E-state index in [1.807, 2.05) is 12.1 Å². The number of anilines is 2. The van der Waals surface area contributed by atoms with Crippen LogP contribution in [0.4, 0.5) is 28.9 Å². The van der Waals surface area contributed by atoms with Crippen LogP contribution in [-0.4, -0.2) is 11.8 Å². The quantitative estimate of drug-likeness (QED) is 0.309. The molecule has 1 aliphatic carbocycles. The van der Waals surface area contributed by atoms with Gasteiger partial charge in [0.1, 0.15) is 11.4 Å². The number of furan rings is 1. The van der Waals surface area contributed by atoms with Crippen molar-refractivity contribution in [3.05, 3.63) is 94.5 Å². The number of carbonyl (C=O) groups excluding carboxylic acids is 2. The van der Waals surface area contributed by atoms with Gasteiger partial charge in [-0.3, -0.25) is 9.59 Å². The molecular formula is C27H20F4N2O3. The summed E-state index contributed by atoms with van der Waals surface area (Å²) in [6.45, 7) is 0. The molecule has 1 aromatic heterocycles. The van der Waals surface area contributed by atoms with Gasteiger partial charge in [0.05, 0.1) is 29.5 Å². The van der Waals surface area contributed by atoms with Crippen LogP contribution in [0.2, 0.25) is 0 Å². The number of alkyl halides is 3. The lowest BCUT2D eigenvalue weighted by Gasteiger charge is -2.16. The van der Waals surface area contributed by atoms with Crippen LogP contribution in [0.25, 0.3) is 11.0 Å². The summed E-state index contributed by atoms with van der Waals surface area (Å²) in [5, 5.41) is 5.36. The third-order valence-electron chi connectivity index (χ3n) is 6.19. The number of halogens is 4. The van der Waals surface area contributed by atoms with Gasteiger partial charge >= 0.3 is 6.18 Å². The van der Waals surface area contributed by atoms with Crippen molar-refractivity contribution in [2.45, 2.75) is 31.9 Å². The number of carbonyl (C=O) groups is 2. The summed E-state index contributed by atoms with van der Waals surface area (Å²) in [6.07, 6.45) is -0.575. The fraction of sp³-hybridized carbons (Fsp3) is 0.185. The number of hydrogen-bond acceptors (Lipinski definition) is 3. The summed E-state index contributed by atoms with van der Waals surface area (Å²) in [4.78, 5) is 25.0. The molecule has 1 heterocycles. The molecule has 0 bridgehead atoms. The summed E-state index contributed by atoms with van der Waals surface area (Å²) >= 11 is 0. The van der Waals surface area contributed by atoms with E-state index in [1.165, 1.54) is 41.7 Å². The molecule has 0 spiro atoms. The molecule has 2 N–H and O–H groups in total. The number of rotatable bonds is 5. The molecule has 5 rings (SSSR count). The zero-order chi connectivity index (χ0) is 25.4. The Morgan fingerprint density at radius 2 is 1.69 bits per heavy atom. The molecular weight excluding hydrogens is 476 g/mol. The molecule has 5 nitrogen and oxygen atoms in total. The lowest BCUT2D eigenvalue weighted by molar-refractivity contribution is -0.136. The van der Waals surface area contributed by atoms with Crippen molar-refractivity contribution in [1.82, 2.24) is 0 Å². The molecule has 0 aliphatic heterocycles. The molecule has 9 heteroatoms. The van der Waals surface area contributed by atoms with Crippen LogP contribution in [0.15, 0.2) is 65.3 Å². The molecule has 0 radical (unpaired) electrons. The maximum absolute atomic E-state index is 13.8. The minimum Gasteiger partial charge on any atom is -0.464 e. The van der Waals surface area contributed by atoms with Crippen molar-refractivity contribution >= 4 is 34.2 Å². The smallest absolute Gasteiger partial charge is 0.418 e. The Hall–Kier alpha value is -4.14. The number of nitrogens with one attached hydrogen (secondary N) is 2. The van der Waals surface area contributed by atoms with Gasteiger partial charge in [0.15, 0.2) is 0 Å². The first-order valence-electron chi connectivity index (χ1n) is 11.3. The van der Waals surface area contributed by atoms with E-state index in [-0.39, 0.29) is 17.7 Å². The molecule has 0 unspecified atom stereocenters. The van der Waals surface area contributed by atoms with E-state index in [4.69, 9.17) is 4.42 Å². The predicted octanol–water partition coefficient (Wildman–Crippen LogP) is 6.51. The highest BCUT2D eigenvalue weighted by molar-refractivity contribution is 6.05. The van der Waals surface area contributed by atoms with Crippen LogP contribution in [0, 0.1) is 5.82 Å². The van der Waals surface area contributed by atoms with Crippen LogP contribution >= 0.6 is 0 Å². The molecule has 3 aromatic carbocycles. The molecule has 184 valence electrons. The van der Waals surface area contributed by atoms with Gasteiger partial charge in [-0.25, -0.2) is 4.39 Å². The SMILES string of the molecule is O=C(Cc1coc2cc3c(cc12)CCC3)Nc1ccc(NC(=O)c2ccccc2F)cc1C(F)(F)F. The standard InChI is InChI=1S/C27H20F4N2O3/c28-22-7-2-1-6-19(22)26(35)32-18-8-9-23(21(13-18)27(29,30)31)33-25(34)12-17-14-36-24-11-16-5-3-4-15(16)10-20(17)24/h1-2,6-11,13-14H,3-5,12H2,(H,32,35)(H,33,34). The predicted molar refractivity (Wildman–Crippen MR) is 126 cm³/mol. The number of amides is 2. The third kappa shape index (κ3) is 4.68. The lowest BCUT2D eigenvalue weighted by Crippen LogP contribution is -2.19. The molecule has 1 aliphatic rings. The summed E-state index contributed by atoms with van der Waals surface area (Å²) in [6, 6.07) is 12.0. The lowest BCUT2D eigenvalue weighted by atomic mass is 10.0. The van der Waals surface area contributed by atoms with Crippen molar-refractivity contribution in [3.8, 4) is 0 Å². The van der Waals surface area contributed by atoms with Crippen LogP contribution in [0.3, 0.4) is 0 Å². The summed E-state index contributed by atoms with van der Waals surface area (Å²) in [5.41, 5.74) is 1.54. The molecule has 4 aromatic rings. The van der Waals surface area contributed by atoms with Crippen molar-refractivity contribution in [3.63, 3.8) is 0 Å². The monoisotopic (exact) mass is 496 g/mol. The van der Waals surface area contributed by atoms with E-state index >= 15 is 0 Å². The van der Waals surface area contributed by atoms with Crippen molar-refractivity contribution < 1.29 is 31.6 Å². The second kappa shape index (κ2) is 9.14. The van der Waals surface area contributed by atoms with E-state index in [2.05, 4.69) is 10.6 Å². The zero-order valence-electron chi connectivity index (χ0n) is 18.8. The fourth-order valence-electron chi connectivity index (χ4n) is 4.46. The summed E-state index contributed by atoms with van der Waals surface area (Å²) < 4.78 is 60.7. The van der Waals surface area contributed by atoms with E-state index in [9.17, 15) is 27.2 Å². The van der Waals surface area contributed by atoms with E-state index < -0.39 is 35.1 Å². The van der Waals surface area contributed by atoms with E-state index in [0.29, 0.717) is 17.2 Å². The molecule has 0 atom stereocenters. The molecule has 0 fully saturated rings. The minimum absolute atomic E-state index is 0.172. The topological polar surface area (TPSA) is 71.3 Å². The van der Waals surface area contributed by atoms with Gasteiger partial charge in [-0.2, -0.15) is 13.2 Å². The van der Waals surface area contributed by atoms with E-state index in [0.717, 1.165) is 36.8 Å². The highest BCUT2D eigenvalue weighted by Crippen LogP contribution is 2.37. The van der Waals surface area contributed by atoms with E-state index in [1.54, 1.807) is 0 Å². The van der Waals surface area contributed by atoms with Gasteiger partial charge in [0.2, 0.25) is 5.91 Å². The second-order valence-corrected chi connectivity index (χ2v) is 8.65. The average Bonchev–Trinajstić information content (AvgIpc) is 3.44. The van der Waals surface area contributed by atoms with Crippen LogP contribution in [-0.2, 0) is 30.2 Å². The number of benzene rings is 3. The van der Waals surface area contributed by atoms with Crippen molar-refractivity contribution in [2.75, 3.05) is 10.6 Å². The van der Waals surface area contributed by atoms with Gasteiger partial charge in [-0.1, -0.05) is 12.1 Å². The molecule has 36 heavy (non-hydrogen) atoms. The maximum atomic E-state index is 13.8. The first-order chi connectivity index (χ1) is 17.2. The first-order valence-corrected chi connectivity index (χ1v) is 11.3. The van der Waals surface area contributed by atoms with Crippen LogP contribution in [0.1, 0.15) is 39.0 Å². The van der Waals surface area contributed by atoms with Gasteiger partial charge in [0.25, 0.3) is 5.91 Å². The van der Waals surface area contributed by atoms with Crippen LogP contribution in [0.5, 0.6) is 0 Å². The fourth-order valence-corrected chi connectivity index (χ4v) is 4.46.